The molecule has 1 fully saturated rings. The van der Waals surface area contributed by atoms with Crippen LogP contribution in [0.15, 0.2) is 20.9 Å². The van der Waals surface area contributed by atoms with Gasteiger partial charge >= 0.3 is 0 Å². The molecule has 1 aromatic rings. The van der Waals surface area contributed by atoms with Gasteiger partial charge in [-0.05, 0) is 47.2 Å². The van der Waals surface area contributed by atoms with Crippen molar-refractivity contribution in [3.63, 3.8) is 0 Å². The Bertz CT molecular complexity index is 486. The number of nitrogens with zero attached hydrogens (tertiary/aromatic N) is 2. The lowest BCUT2D eigenvalue weighted by Gasteiger charge is -2.24. The molecule has 1 unspecified atom stereocenters. The Morgan fingerprint density at radius 3 is 2.95 bits per heavy atom. The summed E-state index contributed by atoms with van der Waals surface area (Å²) in [5.41, 5.74) is -0.627. The van der Waals surface area contributed by atoms with Crippen LogP contribution in [0.1, 0.15) is 18.2 Å². The monoisotopic (exact) mass is 391 g/mol. The molecule has 0 bridgehead atoms. The number of aliphatic imine (C=N–C) groups is 1. The molecular formula is C14H22BrN3OS2. The van der Waals surface area contributed by atoms with Gasteiger partial charge in [0.1, 0.15) is 0 Å². The number of halogens is 1. The average molecular weight is 392 g/mol. The quantitative estimate of drug-likeness (QED) is 0.598. The van der Waals surface area contributed by atoms with Crippen molar-refractivity contribution < 1.29 is 5.11 Å². The largest absolute Gasteiger partial charge is 0.387 e. The maximum absolute atomic E-state index is 10.4. The minimum Gasteiger partial charge on any atom is -0.387 e. The second kappa shape index (κ2) is 7.85. The Kier molecular flexibility index (Phi) is 6.40. The molecular weight excluding hydrogens is 370 g/mol. The molecule has 1 aliphatic rings. The van der Waals surface area contributed by atoms with Crippen LogP contribution in [-0.4, -0.2) is 53.2 Å². The standard InChI is InChI=1S/C14H22BrN3OS2/c1-3-16-13(17-9-14(19)6-7-20-10-14)18(2)8-11-4-5-12(15)21-11/h4-5,19H,3,6-10H2,1-2H3,(H,16,17). The minimum atomic E-state index is -0.627. The van der Waals surface area contributed by atoms with Crippen molar-refractivity contribution in [1.29, 1.82) is 0 Å². The van der Waals surface area contributed by atoms with Crippen LogP contribution in [0.25, 0.3) is 0 Å². The van der Waals surface area contributed by atoms with Gasteiger partial charge in [-0.15, -0.1) is 11.3 Å². The zero-order valence-electron chi connectivity index (χ0n) is 12.4. The van der Waals surface area contributed by atoms with E-state index in [1.54, 1.807) is 23.1 Å². The molecule has 1 saturated heterocycles. The van der Waals surface area contributed by atoms with Gasteiger partial charge in [0.25, 0.3) is 0 Å². The maximum atomic E-state index is 10.4. The summed E-state index contributed by atoms with van der Waals surface area (Å²) in [5.74, 6) is 2.67. The predicted octanol–water partition coefficient (Wildman–Crippen LogP) is 2.78. The Labute approximate surface area is 143 Å². The molecule has 1 atom stereocenters. The van der Waals surface area contributed by atoms with Gasteiger partial charge in [-0.2, -0.15) is 11.8 Å². The highest BCUT2D eigenvalue weighted by Crippen LogP contribution is 2.28. The van der Waals surface area contributed by atoms with Crippen molar-refractivity contribution in [2.45, 2.75) is 25.5 Å². The van der Waals surface area contributed by atoms with E-state index in [4.69, 9.17) is 0 Å². The topological polar surface area (TPSA) is 47.9 Å². The van der Waals surface area contributed by atoms with Crippen molar-refractivity contribution in [3.8, 4) is 0 Å². The third kappa shape index (κ3) is 5.16. The van der Waals surface area contributed by atoms with Crippen molar-refractivity contribution in [3.05, 3.63) is 20.8 Å². The van der Waals surface area contributed by atoms with E-state index >= 15 is 0 Å². The van der Waals surface area contributed by atoms with Gasteiger partial charge in [0, 0.05) is 24.2 Å². The van der Waals surface area contributed by atoms with Gasteiger partial charge < -0.3 is 15.3 Å². The zero-order valence-corrected chi connectivity index (χ0v) is 15.7. The smallest absolute Gasteiger partial charge is 0.194 e. The van der Waals surface area contributed by atoms with E-state index < -0.39 is 5.60 Å². The van der Waals surface area contributed by atoms with Crippen LogP contribution in [0.5, 0.6) is 0 Å². The second-order valence-corrected chi connectivity index (χ2v) is 8.91. The van der Waals surface area contributed by atoms with Crippen molar-refractivity contribution in [2.24, 2.45) is 4.99 Å². The molecule has 21 heavy (non-hydrogen) atoms. The van der Waals surface area contributed by atoms with Crippen molar-refractivity contribution in [1.82, 2.24) is 10.2 Å². The Morgan fingerprint density at radius 1 is 1.57 bits per heavy atom. The summed E-state index contributed by atoms with van der Waals surface area (Å²) in [5, 5.41) is 13.7. The summed E-state index contributed by atoms with van der Waals surface area (Å²) < 4.78 is 1.14. The van der Waals surface area contributed by atoms with Gasteiger partial charge in [0.15, 0.2) is 5.96 Å². The highest BCUT2D eigenvalue weighted by Gasteiger charge is 2.31. The molecule has 2 N–H and O–H groups in total. The highest BCUT2D eigenvalue weighted by molar-refractivity contribution is 9.11. The van der Waals surface area contributed by atoms with Crippen LogP contribution < -0.4 is 5.32 Å². The fraction of sp³-hybridized carbons (Fsp3) is 0.643. The molecule has 1 aliphatic heterocycles. The number of hydrogen-bond donors (Lipinski definition) is 2. The molecule has 2 rings (SSSR count). The first kappa shape index (κ1) is 17.1. The molecule has 118 valence electrons. The minimum absolute atomic E-state index is 0.473. The van der Waals surface area contributed by atoms with E-state index in [2.05, 4.69) is 50.2 Å². The van der Waals surface area contributed by atoms with Gasteiger partial charge in [-0.25, -0.2) is 0 Å². The molecule has 0 aromatic carbocycles. The summed E-state index contributed by atoms with van der Waals surface area (Å²) in [6, 6.07) is 4.19. The van der Waals surface area contributed by atoms with Crippen molar-refractivity contribution in [2.75, 3.05) is 31.6 Å². The van der Waals surface area contributed by atoms with Crippen LogP contribution in [0.2, 0.25) is 0 Å². The molecule has 0 spiro atoms. The lowest BCUT2D eigenvalue weighted by atomic mass is 10.1. The van der Waals surface area contributed by atoms with Crippen LogP contribution in [-0.2, 0) is 6.54 Å². The molecule has 1 aromatic heterocycles. The normalized spacial score (nSPS) is 22.6. The van der Waals surface area contributed by atoms with Gasteiger partial charge in [-0.3, -0.25) is 4.99 Å². The third-order valence-electron chi connectivity index (χ3n) is 3.32. The lowest BCUT2D eigenvalue weighted by molar-refractivity contribution is 0.0776. The first-order valence-electron chi connectivity index (χ1n) is 7.06. The van der Waals surface area contributed by atoms with Gasteiger partial charge in [-0.1, -0.05) is 0 Å². The summed E-state index contributed by atoms with van der Waals surface area (Å²) >= 11 is 7.03. The maximum Gasteiger partial charge on any atom is 0.194 e. The van der Waals surface area contributed by atoms with Gasteiger partial charge in [0.05, 0.1) is 22.5 Å². The van der Waals surface area contributed by atoms with E-state index in [-0.39, 0.29) is 0 Å². The van der Waals surface area contributed by atoms with E-state index in [9.17, 15) is 5.11 Å². The molecule has 2 heterocycles. The Balaban J connectivity index is 1.99. The Hall–Kier alpha value is -0.240. The third-order valence-corrected chi connectivity index (χ3v) is 6.17. The number of rotatable bonds is 5. The lowest BCUT2D eigenvalue weighted by Crippen LogP contribution is -2.40. The average Bonchev–Trinajstić information content (AvgIpc) is 3.04. The van der Waals surface area contributed by atoms with E-state index in [1.165, 1.54) is 4.88 Å². The number of thiophene rings is 1. The summed E-state index contributed by atoms with van der Waals surface area (Å²) in [6.07, 6.45) is 0.835. The van der Waals surface area contributed by atoms with Crippen LogP contribution in [0.4, 0.5) is 0 Å². The molecule has 7 heteroatoms. The van der Waals surface area contributed by atoms with Crippen LogP contribution in [0.3, 0.4) is 0 Å². The molecule has 0 amide bonds. The van der Waals surface area contributed by atoms with Crippen LogP contribution >= 0.6 is 39.0 Å². The SMILES string of the molecule is CCNC(=NCC1(O)CCSC1)N(C)Cc1ccc(Br)s1. The molecule has 0 aliphatic carbocycles. The van der Waals surface area contributed by atoms with Crippen molar-refractivity contribution >= 4 is 45.0 Å². The molecule has 4 nitrogen and oxygen atoms in total. The van der Waals surface area contributed by atoms with E-state index in [0.717, 1.165) is 40.8 Å². The fourth-order valence-corrected chi connectivity index (χ4v) is 4.98. The Morgan fingerprint density at radius 2 is 2.38 bits per heavy atom. The molecule has 0 radical (unpaired) electrons. The van der Waals surface area contributed by atoms with Gasteiger partial charge in [0.2, 0.25) is 0 Å². The predicted molar refractivity (Wildman–Crippen MR) is 96.4 cm³/mol. The number of aliphatic hydroxyl groups is 1. The first-order valence-corrected chi connectivity index (χ1v) is 9.82. The van der Waals surface area contributed by atoms with E-state index in [1.807, 2.05) is 7.05 Å². The van der Waals surface area contributed by atoms with E-state index in [0.29, 0.717) is 6.54 Å². The number of hydrogen-bond acceptors (Lipinski definition) is 4. The number of thioether (sulfide) groups is 1. The molecule has 0 saturated carbocycles. The fourth-order valence-electron chi connectivity index (χ4n) is 2.16. The summed E-state index contributed by atoms with van der Waals surface area (Å²) in [7, 11) is 2.03. The number of guanidine groups is 1. The highest BCUT2D eigenvalue weighted by atomic mass is 79.9. The van der Waals surface area contributed by atoms with Crippen LogP contribution in [0, 0.1) is 0 Å². The number of nitrogens with one attached hydrogen (secondary N) is 1. The summed E-state index contributed by atoms with van der Waals surface area (Å²) in [4.78, 5) is 8.02. The zero-order chi connectivity index (χ0) is 15.3. The second-order valence-electron chi connectivity index (χ2n) is 5.26. The summed E-state index contributed by atoms with van der Waals surface area (Å²) in [6.45, 7) is 4.17. The first-order chi connectivity index (χ1) is 10.0.